The maximum Gasteiger partial charge on any atom is 0.225 e. The van der Waals surface area contributed by atoms with Crippen molar-refractivity contribution in [2.45, 2.75) is 20.3 Å². The Morgan fingerprint density at radius 2 is 2.00 bits per heavy atom. The third-order valence-electron chi connectivity index (χ3n) is 4.77. The molecule has 3 aromatic rings. The van der Waals surface area contributed by atoms with Crippen LogP contribution >= 0.6 is 22.9 Å². The van der Waals surface area contributed by atoms with Gasteiger partial charge in [0.25, 0.3) is 0 Å². The Balaban J connectivity index is 1.86. The minimum Gasteiger partial charge on any atom is -0.494 e. The average molecular weight is 403 g/mol. The molecule has 0 spiro atoms. The molecule has 2 aromatic heterocycles. The number of nitrogens with zero attached hydrogens (tertiary/aromatic N) is 3. The van der Waals surface area contributed by atoms with Crippen LogP contribution in [0.1, 0.15) is 18.2 Å². The highest BCUT2D eigenvalue weighted by Crippen LogP contribution is 2.42. The van der Waals surface area contributed by atoms with Gasteiger partial charge < -0.3 is 15.0 Å². The average Bonchev–Trinajstić information content (AvgIpc) is 2.84. The molecule has 142 valence electrons. The largest absolute Gasteiger partial charge is 0.494 e. The van der Waals surface area contributed by atoms with Crippen LogP contribution in [0.15, 0.2) is 24.3 Å². The molecule has 1 aliphatic heterocycles. The summed E-state index contributed by atoms with van der Waals surface area (Å²) in [6.45, 7) is 8.66. The molecule has 0 unspecified atom stereocenters. The van der Waals surface area contributed by atoms with Gasteiger partial charge in [0, 0.05) is 30.1 Å². The summed E-state index contributed by atoms with van der Waals surface area (Å²) < 4.78 is 5.59. The zero-order valence-corrected chi connectivity index (χ0v) is 17.2. The van der Waals surface area contributed by atoms with E-state index in [1.807, 2.05) is 19.1 Å². The van der Waals surface area contributed by atoms with Gasteiger partial charge in [0.15, 0.2) is 0 Å². The van der Waals surface area contributed by atoms with E-state index < -0.39 is 0 Å². The third kappa shape index (κ3) is 3.74. The molecule has 0 saturated carbocycles. The number of nitrogens with one attached hydrogen (secondary N) is 1. The maximum atomic E-state index is 6.27. The van der Waals surface area contributed by atoms with Crippen molar-refractivity contribution < 1.29 is 4.74 Å². The number of halogens is 1. The van der Waals surface area contributed by atoms with Crippen molar-refractivity contribution in [2.75, 3.05) is 37.7 Å². The minimum atomic E-state index is 0.314. The van der Waals surface area contributed by atoms with Crippen LogP contribution in [0.25, 0.3) is 21.3 Å². The molecule has 1 aromatic carbocycles. The van der Waals surface area contributed by atoms with E-state index in [1.165, 1.54) is 10.4 Å². The Morgan fingerprint density at radius 3 is 2.78 bits per heavy atom. The second-order valence-electron chi connectivity index (χ2n) is 6.58. The van der Waals surface area contributed by atoms with Gasteiger partial charge in [-0.25, -0.2) is 4.98 Å². The van der Waals surface area contributed by atoms with Crippen LogP contribution in [-0.4, -0.2) is 42.8 Å². The molecule has 0 amide bonds. The normalized spacial score (nSPS) is 15.1. The summed E-state index contributed by atoms with van der Waals surface area (Å²) in [5, 5.41) is 4.87. The van der Waals surface area contributed by atoms with Crippen molar-refractivity contribution >= 4 is 39.0 Å². The first-order valence-electron chi connectivity index (χ1n) is 9.33. The molecule has 0 radical (unpaired) electrons. The van der Waals surface area contributed by atoms with E-state index in [4.69, 9.17) is 16.3 Å². The summed E-state index contributed by atoms with van der Waals surface area (Å²) in [5.74, 6) is 1.83. The third-order valence-corrected chi connectivity index (χ3v) is 5.94. The number of aryl methyl sites for hydroxylation is 1. The maximum absolute atomic E-state index is 6.27. The van der Waals surface area contributed by atoms with Crippen LogP contribution in [-0.2, 0) is 0 Å². The van der Waals surface area contributed by atoms with Crippen molar-refractivity contribution in [2.24, 2.45) is 0 Å². The fourth-order valence-corrected chi connectivity index (χ4v) is 4.84. The first-order chi connectivity index (χ1) is 13.2. The van der Waals surface area contributed by atoms with Gasteiger partial charge in [0.2, 0.25) is 5.28 Å². The number of aromatic nitrogens is 2. The van der Waals surface area contributed by atoms with Gasteiger partial charge in [-0.15, -0.1) is 11.3 Å². The van der Waals surface area contributed by atoms with Gasteiger partial charge in [-0.3, -0.25) is 0 Å². The molecule has 4 rings (SSSR count). The van der Waals surface area contributed by atoms with Crippen molar-refractivity contribution in [3.05, 3.63) is 34.4 Å². The summed E-state index contributed by atoms with van der Waals surface area (Å²) in [6, 6.07) is 8.27. The Kier molecular flexibility index (Phi) is 5.48. The number of rotatable bonds is 4. The predicted molar refractivity (Wildman–Crippen MR) is 113 cm³/mol. The molecule has 7 heteroatoms. The number of ether oxygens (including phenoxy) is 1. The van der Waals surface area contributed by atoms with Crippen molar-refractivity contribution in [1.82, 2.24) is 15.3 Å². The van der Waals surface area contributed by atoms with Crippen LogP contribution in [0.4, 0.5) is 5.82 Å². The van der Waals surface area contributed by atoms with Crippen molar-refractivity contribution in [3.8, 4) is 16.9 Å². The molecule has 1 fully saturated rings. The van der Waals surface area contributed by atoms with Gasteiger partial charge in [0.1, 0.15) is 16.4 Å². The molecule has 5 nitrogen and oxygen atoms in total. The molecule has 0 aliphatic carbocycles. The molecule has 1 saturated heterocycles. The van der Waals surface area contributed by atoms with E-state index >= 15 is 0 Å². The Bertz CT molecular complexity index is 933. The van der Waals surface area contributed by atoms with Crippen LogP contribution in [0, 0.1) is 6.92 Å². The molecule has 1 N–H and O–H groups in total. The minimum absolute atomic E-state index is 0.314. The van der Waals surface area contributed by atoms with E-state index in [9.17, 15) is 0 Å². The Morgan fingerprint density at radius 1 is 1.19 bits per heavy atom. The van der Waals surface area contributed by atoms with E-state index in [0.29, 0.717) is 11.9 Å². The van der Waals surface area contributed by atoms with Crippen molar-refractivity contribution in [1.29, 1.82) is 0 Å². The van der Waals surface area contributed by atoms with Crippen LogP contribution in [0.2, 0.25) is 5.28 Å². The fraction of sp³-hybridized carbons (Fsp3) is 0.400. The van der Waals surface area contributed by atoms with Gasteiger partial charge in [-0.1, -0.05) is 12.1 Å². The molecular formula is C20H23ClN4OS. The molecule has 27 heavy (non-hydrogen) atoms. The molecule has 0 bridgehead atoms. The lowest BCUT2D eigenvalue weighted by Crippen LogP contribution is -2.28. The zero-order valence-electron chi connectivity index (χ0n) is 15.6. The summed E-state index contributed by atoms with van der Waals surface area (Å²) in [6.07, 6.45) is 1.09. The Labute approximate surface area is 168 Å². The number of benzene rings is 1. The number of fused-ring (bicyclic) bond motifs is 1. The number of thiophene rings is 1. The summed E-state index contributed by atoms with van der Waals surface area (Å²) in [4.78, 5) is 13.7. The Hall–Kier alpha value is -1.89. The predicted octanol–water partition coefficient (Wildman–Crippen LogP) is 4.52. The first kappa shape index (κ1) is 18.5. The van der Waals surface area contributed by atoms with Crippen molar-refractivity contribution in [3.63, 3.8) is 0 Å². The quantitative estimate of drug-likeness (QED) is 0.650. The van der Waals surface area contributed by atoms with E-state index in [0.717, 1.165) is 59.9 Å². The van der Waals surface area contributed by atoms with Gasteiger partial charge >= 0.3 is 0 Å². The second kappa shape index (κ2) is 8.00. The van der Waals surface area contributed by atoms with E-state index in [1.54, 1.807) is 11.3 Å². The lowest BCUT2D eigenvalue weighted by atomic mass is 10.0. The SMILES string of the molecule is CCOc1ccc(-c2c(C)sc3nc(Cl)nc(N4CCCNCC4)c23)cc1. The highest BCUT2D eigenvalue weighted by atomic mass is 35.5. The fourth-order valence-electron chi connectivity index (χ4n) is 3.59. The van der Waals surface area contributed by atoms with Gasteiger partial charge in [-0.05, 0) is 56.1 Å². The smallest absolute Gasteiger partial charge is 0.225 e. The number of hydrogen-bond donors (Lipinski definition) is 1. The number of hydrogen-bond acceptors (Lipinski definition) is 6. The topological polar surface area (TPSA) is 50.3 Å². The molecule has 0 atom stereocenters. The molecule has 3 heterocycles. The van der Waals surface area contributed by atoms with Crippen LogP contribution < -0.4 is 15.0 Å². The highest BCUT2D eigenvalue weighted by molar-refractivity contribution is 7.19. The summed E-state index contributed by atoms with van der Waals surface area (Å²) >= 11 is 7.95. The van der Waals surface area contributed by atoms with Crippen LogP contribution in [0.5, 0.6) is 5.75 Å². The van der Waals surface area contributed by atoms with Gasteiger partial charge in [-0.2, -0.15) is 4.98 Å². The summed E-state index contributed by atoms with van der Waals surface area (Å²) in [7, 11) is 0. The highest BCUT2D eigenvalue weighted by Gasteiger charge is 2.22. The number of anilines is 1. The monoisotopic (exact) mass is 402 g/mol. The molecular weight excluding hydrogens is 380 g/mol. The standard InChI is InChI=1S/C20H23ClN4OS/c1-3-26-15-7-5-14(6-8-15)16-13(2)27-19-17(16)18(23-20(21)24-19)25-11-4-9-22-10-12-25/h5-8,22H,3-4,9-12H2,1-2H3. The van der Waals surface area contributed by atoms with E-state index in [-0.39, 0.29) is 0 Å². The summed E-state index contributed by atoms with van der Waals surface area (Å²) in [5.41, 5.74) is 2.35. The van der Waals surface area contributed by atoms with Crippen LogP contribution in [0.3, 0.4) is 0 Å². The lowest BCUT2D eigenvalue weighted by molar-refractivity contribution is 0.340. The van der Waals surface area contributed by atoms with E-state index in [2.05, 4.69) is 39.2 Å². The second-order valence-corrected chi connectivity index (χ2v) is 8.12. The molecule has 1 aliphatic rings. The first-order valence-corrected chi connectivity index (χ1v) is 10.5. The zero-order chi connectivity index (χ0) is 18.8. The van der Waals surface area contributed by atoms with Gasteiger partial charge in [0.05, 0.1) is 12.0 Å². The lowest BCUT2D eigenvalue weighted by Gasteiger charge is -2.22.